The summed E-state index contributed by atoms with van der Waals surface area (Å²) in [4.78, 5) is 24.2. The highest BCUT2D eigenvalue weighted by Gasteiger charge is 2.52. The van der Waals surface area contributed by atoms with Gasteiger partial charge in [-0.15, -0.1) is 0 Å². The lowest BCUT2D eigenvalue weighted by Gasteiger charge is -2.46. The van der Waals surface area contributed by atoms with Crippen LogP contribution in [0.4, 0.5) is 0 Å². The summed E-state index contributed by atoms with van der Waals surface area (Å²) in [7, 11) is 2.84. The van der Waals surface area contributed by atoms with Crippen LogP contribution in [0.3, 0.4) is 0 Å². The number of rotatable bonds is 2. The van der Waals surface area contributed by atoms with Crippen molar-refractivity contribution < 1.29 is 23.8 Å². The number of carbonyl (C=O) groups is 2. The minimum Gasteiger partial charge on any atom is -0.493 e. The van der Waals surface area contributed by atoms with Crippen LogP contribution >= 0.6 is 0 Å². The summed E-state index contributed by atoms with van der Waals surface area (Å²) in [5.41, 5.74) is -0.0365. The van der Waals surface area contributed by atoms with Crippen LogP contribution in [-0.4, -0.2) is 31.8 Å². The molecule has 3 unspecified atom stereocenters. The number of ether oxygens (including phenoxy) is 3. The summed E-state index contributed by atoms with van der Waals surface area (Å²) in [5.74, 6) is -0.881. The van der Waals surface area contributed by atoms with Crippen molar-refractivity contribution in [3.05, 3.63) is 23.8 Å². The lowest BCUT2D eigenvalue weighted by molar-refractivity contribution is -0.158. The first-order valence-electron chi connectivity index (χ1n) is 6.75. The number of carbonyl (C=O) groups excluding carboxylic acids is 2. The molecule has 1 fully saturated rings. The van der Waals surface area contributed by atoms with Gasteiger partial charge in [0.2, 0.25) is 5.91 Å². The van der Waals surface area contributed by atoms with Gasteiger partial charge in [-0.05, 0) is 13.0 Å². The molecule has 0 aliphatic carbocycles. The number of hydrogen-bond donors (Lipinski definition) is 1. The topological polar surface area (TPSA) is 73.9 Å². The number of methoxy groups -OCH3 is 2. The van der Waals surface area contributed by atoms with E-state index in [4.69, 9.17) is 14.2 Å². The maximum absolute atomic E-state index is 12.3. The molecule has 3 atom stereocenters. The number of piperidine rings is 1. The SMILES string of the molecule is COC(=O)C1C(=O)NC2(C)CC1c1cccc(OC)c1O2. The Morgan fingerprint density at radius 2 is 2.19 bits per heavy atom. The van der Waals surface area contributed by atoms with Crippen molar-refractivity contribution in [2.75, 3.05) is 14.2 Å². The summed E-state index contributed by atoms with van der Waals surface area (Å²) in [6.07, 6.45) is 0.513. The number of nitrogens with one attached hydrogen (secondary N) is 1. The van der Waals surface area contributed by atoms with Crippen LogP contribution in [0.15, 0.2) is 18.2 Å². The van der Waals surface area contributed by atoms with Gasteiger partial charge in [-0.25, -0.2) is 0 Å². The van der Waals surface area contributed by atoms with E-state index >= 15 is 0 Å². The van der Waals surface area contributed by atoms with Gasteiger partial charge in [0.05, 0.1) is 14.2 Å². The van der Waals surface area contributed by atoms with Gasteiger partial charge < -0.3 is 19.5 Å². The Balaban J connectivity index is 2.14. The van der Waals surface area contributed by atoms with E-state index in [1.165, 1.54) is 7.11 Å². The van der Waals surface area contributed by atoms with Crippen molar-refractivity contribution >= 4 is 11.9 Å². The zero-order chi connectivity index (χ0) is 15.2. The predicted molar refractivity (Wildman–Crippen MR) is 73.0 cm³/mol. The highest BCUT2D eigenvalue weighted by Crippen LogP contribution is 2.50. The maximum atomic E-state index is 12.3. The number of fused-ring (bicyclic) bond motifs is 4. The second kappa shape index (κ2) is 4.65. The Kier molecular flexibility index (Phi) is 3.04. The van der Waals surface area contributed by atoms with E-state index in [2.05, 4.69) is 5.32 Å². The van der Waals surface area contributed by atoms with Gasteiger partial charge in [0, 0.05) is 17.9 Å². The molecule has 6 heteroatoms. The molecule has 21 heavy (non-hydrogen) atoms. The third-order valence-electron chi connectivity index (χ3n) is 4.09. The number of esters is 1. The molecular weight excluding hydrogens is 274 g/mol. The van der Waals surface area contributed by atoms with Crippen LogP contribution in [0, 0.1) is 5.92 Å². The lowest BCUT2D eigenvalue weighted by Crippen LogP contribution is -2.62. The fourth-order valence-electron chi connectivity index (χ4n) is 3.18. The molecule has 1 amide bonds. The summed E-state index contributed by atoms with van der Waals surface area (Å²) in [5, 5.41) is 2.76. The van der Waals surface area contributed by atoms with Gasteiger partial charge in [0.25, 0.3) is 0 Å². The Bertz CT molecular complexity index is 614. The van der Waals surface area contributed by atoms with Crippen LogP contribution in [0.1, 0.15) is 24.8 Å². The molecule has 112 valence electrons. The highest BCUT2D eigenvalue weighted by atomic mass is 16.5. The molecule has 1 aromatic carbocycles. The minimum atomic E-state index is -0.863. The molecular formula is C15H17NO5. The smallest absolute Gasteiger partial charge is 0.318 e. The molecule has 2 bridgehead atoms. The monoisotopic (exact) mass is 291 g/mol. The molecule has 0 spiro atoms. The fraction of sp³-hybridized carbons (Fsp3) is 0.467. The van der Waals surface area contributed by atoms with Crippen molar-refractivity contribution in [1.82, 2.24) is 5.32 Å². The van der Waals surface area contributed by atoms with Crippen molar-refractivity contribution in [1.29, 1.82) is 0 Å². The van der Waals surface area contributed by atoms with E-state index in [0.29, 0.717) is 17.9 Å². The zero-order valence-corrected chi connectivity index (χ0v) is 12.1. The first-order valence-corrected chi connectivity index (χ1v) is 6.75. The molecule has 0 radical (unpaired) electrons. The number of amides is 1. The normalized spacial score (nSPS) is 29.8. The van der Waals surface area contributed by atoms with Crippen molar-refractivity contribution in [3.8, 4) is 11.5 Å². The fourth-order valence-corrected chi connectivity index (χ4v) is 3.18. The van der Waals surface area contributed by atoms with Gasteiger partial charge in [0.1, 0.15) is 5.92 Å². The van der Waals surface area contributed by atoms with Crippen molar-refractivity contribution in [2.24, 2.45) is 5.92 Å². The Labute approximate surface area is 122 Å². The summed E-state index contributed by atoms with van der Waals surface area (Å²) in [6, 6.07) is 5.47. The van der Waals surface area contributed by atoms with Crippen LogP contribution in [0.5, 0.6) is 11.5 Å². The van der Waals surface area contributed by atoms with Crippen LogP contribution in [0.25, 0.3) is 0 Å². The second-order valence-corrected chi connectivity index (χ2v) is 5.51. The largest absolute Gasteiger partial charge is 0.493 e. The first kappa shape index (κ1) is 13.7. The van der Waals surface area contributed by atoms with Crippen LogP contribution in [0.2, 0.25) is 0 Å². The average molecular weight is 291 g/mol. The van der Waals surface area contributed by atoms with Gasteiger partial charge in [0.15, 0.2) is 17.2 Å². The predicted octanol–water partition coefficient (Wildman–Crippen LogP) is 1.20. The molecule has 2 heterocycles. The highest BCUT2D eigenvalue weighted by molar-refractivity contribution is 6.00. The first-order chi connectivity index (χ1) is 9.99. The standard InChI is InChI=1S/C15H17NO5/c1-15-7-9(11(13(17)16-15)14(18)20-3)8-5-4-6-10(19-2)12(8)21-15/h4-6,9,11H,7H2,1-3H3,(H,16,17). The van der Waals surface area contributed by atoms with E-state index in [9.17, 15) is 9.59 Å². The minimum absolute atomic E-state index is 0.282. The molecule has 6 nitrogen and oxygen atoms in total. The molecule has 1 aromatic rings. The van der Waals surface area contributed by atoms with E-state index in [1.54, 1.807) is 20.1 Å². The maximum Gasteiger partial charge on any atom is 0.318 e. The summed E-state index contributed by atoms with van der Waals surface area (Å²) < 4.78 is 16.0. The van der Waals surface area contributed by atoms with Gasteiger partial charge >= 0.3 is 5.97 Å². The number of para-hydroxylation sites is 1. The molecule has 1 N–H and O–H groups in total. The van der Waals surface area contributed by atoms with Gasteiger partial charge in [-0.3, -0.25) is 9.59 Å². The van der Waals surface area contributed by atoms with Crippen molar-refractivity contribution in [3.63, 3.8) is 0 Å². The third-order valence-corrected chi connectivity index (χ3v) is 4.09. The van der Waals surface area contributed by atoms with E-state index in [0.717, 1.165) is 5.56 Å². The van der Waals surface area contributed by atoms with Crippen molar-refractivity contribution in [2.45, 2.75) is 25.0 Å². The third kappa shape index (κ3) is 2.02. The molecule has 1 saturated heterocycles. The summed E-state index contributed by atoms with van der Waals surface area (Å²) >= 11 is 0. The molecule has 2 aliphatic rings. The molecule has 2 aliphatic heterocycles. The van der Waals surface area contributed by atoms with Gasteiger partial charge in [-0.1, -0.05) is 12.1 Å². The van der Waals surface area contributed by atoms with E-state index in [-0.39, 0.29) is 11.8 Å². The second-order valence-electron chi connectivity index (χ2n) is 5.51. The number of benzene rings is 1. The quantitative estimate of drug-likeness (QED) is 0.654. The van der Waals surface area contributed by atoms with Gasteiger partial charge in [-0.2, -0.15) is 0 Å². The molecule has 0 saturated carbocycles. The summed E-state index contributed by atoms with van der Waals surface area (Å²) in [6.45, 7) is 1.79. The average Bonchev–Trinajstić information content (AvgIpc) is 2.45. The molecule has 0 aromatic heterocycles. The van der Waals surface area contributed by atoms with Crippen LogP contribution in [-0.2, 0) is 14.3 Å². The Hall–Kier alpha value is -2.24. The van der Waals surface area contributed by atoms with E-state index < -0.39 is 17.6 Å². The Morgan fingerprint density at radius 3 is 2.86 bits per heavy atom. The zero-order valence-electron chi connectivity index (χ0n) is 12.1. The lowest BCUT2D eigenvalue weighted by atomic mass is 9.74. The van der Waals surface area contributed by atoms with Crippen LogP contribution < -0.4 is 14.8 Å². The van der Waals surface area contributed by atoms with E-state index in [1.807, 2.05) is 12.1 Å². The Morgan fingerprint density at radius 1 is 1.43 bits per heavy atom. The molecule has 3 rings (SSSR count). The number of hydrogen-bond acceptors (Lipinski definition) is 5.